The Labute approximate surface area is 149 Å². The van der Waals surface area contributed by atoms with Gasteiger partial charge in [0.05, 0.1) is 24.4 Å². The third-order valence-electron chi connectivity index (χ3n) is 4.72. The molecule has 0 amide bonds. The fraction of sp³-hybridized carbons (Fsp3) is 0.632. The highest BCUT2D eigenvalue weighted by atomic mass is 16.5. The molecule has 1 fully saturated rings. The van der Waals surface area contributed by atoms with E-state index in [0.29, 0.717) is 18.3 Å². The summed E-state index contributed by atoms with van der Waals surface area (Å²) in [5.41, 5.74) is 9.00. The molecule has 0 saturated carbocycles. The van der Waals surface area contributed by atoms with Crippen LogP contribution < -0.4 is 10.6 Å². The smallest absolute Gasteiger partial charge is 0.304 e. The molecule has 1 aromatic rings. The van der Waals surface area contributed by atoms with E-state index >= 15 is 0 Å². The third kappa shape index (κ3) is 5.34. The predicted molar refractivity (Wildman–Crippen MR) is 99.2 cm³/mol. The molecule has 0 aromatic heterocycles. The molecule has 0 radical (unpaired) electrons. The Balaban J connectivity index is 2.24. The second kappa shape index (κ2) is 9.63. The summed E-state index contributed by atoms with van der Waals surface area (Å²) in [4.78, 5) is 13.5. The molecule has 1 saturated heterocycles. The number of aliphatic carboxylic acids is 1. The van der Waals surface area contributed by atoms with Crippen LogP contribution in [0.1, 0.15) is 44.1 Å². The number of carboxylic acids is 1. The lowest BCUT2D eigenvalue weighted by molar-refractivity contribution is -0.137. The number of nitrogens with two attached hydrogens (primary N) is 1. The number of nitrogens with zero attached hydrogens (tertiary/aromatic N) is 1. The van der Waals surface area contributed by atoms with E-state index in [-0.39, 0.29) is 12.3 Å². The van der Waals surface area contributed by atoms with Gasteiger partial charge in [0.15, 0.2) is 0 Å². The number of nitrogen functional groups attached to an aromatic ring is 1. The molecular formula is C19H30N2O4. The Morgan fingerprint density at radius 1 is 1.44 bits per heavy atom. The fourth-order valence-corrected chi connectivity index (χ4v) is 3.51. The lowest BCUT2D eigenvalue weighted by Crippen LogP contribution is -2.40. The van der Waals surface area contributed by atoms with Gasteiger partial charge in [0.2, 0.25) is 0 Å². The molecular weight excluding hydrogens is 320 g/mol. The van der Waals surface area contributed by atoms with Crippen molar-refractivity contribution >= 4 is 17.3 Å². The van der Waals surface area contributed by atoms with Gasteiger partial charge in [-0.2, -0.15) is 0 Å². The van der Waals surface area contributed by atoms with Crippen molar-refractivity contribution in [3.8, 4) is 0 Å². The standard InChI is InChI=1S/C19H30N2O4/c1-3-8-21(16-6-9-25-10-7-16)18-5-4-14(11-17(18)20)15(13-24-2)12-19(22)23/h4-5,11,15-16H,3,6-10,12-13,20H2,1-2H3,(H,22,23)/t15-/m1/s1. The Bertz CT molecular complexity index is 558. The summed E-state index contributed by atoms with van der Waals surface area (Å²) in [6.07, 6.45) is 3.09. The number of rotatable bonds is 9. The Hall–Kier alpha value is -1.79. The molecule has 0 bridgehead atoms. The van der Waals surface area contributed by atoms with Crippen LogP contribution in [0.3, 0.4) is 0 Å². The highest BCUT2D eigenvalue weighted by Crippen LogP contribution is 2.32. The molecule has 3 N–H and O–H groups in total. The molecule has 0 aliphatic carbocycles. The second-order valence-electron chi connectivity index (χ2n) is 6.61. The minimum Gasteiger partial charge on any atom is -0.481 e. The summed E-state index contributed by atoms with van der Waals surface area (Å²) in [6, 6.07) is 6.36. The van der Waals surface area contributed by atoms with Crippen LogP contribution >= 0.6 is 0 Å². The summed E-state index contributed by atoms with van der Waals surface area (Å²) in [7, 11) is 1.58. The highest BCUT2D eigenvalue weighted by Gasteiger charge is 2.24. The first-order valence-corrected chi connectivity index (χ1v) is 9.01. The molecule has 0 unspecified atom stereocenters. The quantitative estimate of drug-likeness (QED) is 0.666. The fourth-order valence-electron chi connectivity index (χ4n) is 3.51. The first-order valence-electron chi connectivity index (χ1n) is 9.01. The molecule has 1 aromatic carbocycles. The van der Waals surface area contributed by atoms with Gasteiger partial charge in [-0.25, -0.2) is 0 Å². The van der Waals surface area contributed by atoms with Crippen LogP contribution in [0.2, 0.25) is 0 Å². The zero-order valence-electron chi connectivity index (χ0n) is 15.2. The average molecular weight is 350 g/mol. The number of carbonyl (C=O) groups is 1. The Morgan fingerprint density at radius 2 is 2.16 bits per heavy atom. The molecule has 1 aliphatic rings. The number of benzene rings is 1. The van der Waals surface area contributed by atoms with Gasteiger partial charge in [-0.05, 0) is 37.0 Å². The van der Waals surface area contributed by atoms with E-state index in [9.17, 15) is 4.79 Å². The van der Waals surface area contributed by atoms with Crippen LogP contribution in [0.25, 0.3) is 0 Å². The lowest BCUT2D eigenvalue weighted by atomic mass is 9.95. The summed E-state index contributed by atoms with van der Waals surface area (Å²) in [6.45, 7) is 5.06. The zero-order chi connectivity index (χ0) is 18.2. The van der Waals surface area contributed by atoms with Gasteiger partial charge < -0.3 is 25.2 Å². The summed E-state index contributed by atoms with van der Waals surface area (Å²) < 4.78 is 10.7. The summed E-state index contributed by atoms with van der Waals surface area (Å²) >= 11 is 0. The molecule has 1 atom stereocenters. The van der Waals surface area contributed by atoms with Crippen molar-refractivity contribution in [2.24, 2.45) is 0 Å². The van der Waals surface area contributed by atoms with Crippen LogP contribution in [0, 0.1) is 0 Å². The monoisotopic (exact) mass is 350 g/mol. The van der Waals surface area contributed by atoms with Crippen molar-refractivity contribution in [3.05, 3.63) is 23.8 Å². The molecule has 2 rings (SSSR count). The molecule has 1 aliphatic heterocycles. The maximum Gasteiger partial charge on any atom is 0.304 e. The van der Waals surface area contributed by atoms with E-state index in [1.165, 1.54) is 0 Å². The van der Waals surface area contributed by atoms with Gasteiger partial charge in [0.25, 0.3) is 0 Å². The number of ether oxygens (including phenoxy) is 2. The van der Waals surface area contributed by atoms with Gasteiger partial charge >= 0.3 is 5.97 Å². The normalized spacial score (nSPS) is 16.6. The summed E-state index contributed by atoms with van der Waals surface area (Å²) in [5, 5.41) is 9.12. The molecule has 6 heteroatoms. The lowest BCUT2D eigenvalue weighted by Gasteiger charge is -2.37. The minimum atomic E-state index is -0.834. The first-order chi connectivity index (χ1) is 12.1. The van der Waals surface area contributed by atoms with Crippen LogP contribution in [-0.2, 0) is 14.3 Å². The van der Waals surface area contributed by atoms with Gasteiger partial charge in [0.1, 0.15) is 0 Å². The zero-order valence-corrected chi connectivity index (χ0v) is 15.2. The van der Waals surface area contributed by atoms with Crippen molar-refractivity contribution < 1.29 is 19.4 Å². The van der Waals surface area contributed by atoms with E-state index < -0.39 is 5.97 Å². The predicted octanol–water partition coefficient (Wildman–Crippen LogP) is 2.87. The van der Waals surface area contributed by atoms with Crippen LogP contribution in [-0.4, -0.2) is 50.6 Å². The minimum absolute atomic E-state index is 0.0330. The van der Waals surface area contributed by atoms with Crippen molar-refractivity contribution in [3.63, 3.8) is 0 Å². The SMILES string of the molecule is CCCN(c1ccc([C@@H](COC)CC(=O)O)cc1N)C1CCOCC1. The van der Waals surface area contributed by atoms with Crippen LogP contribution in [0.4, 0.5) is 11.4 Å². The third-order valence-corrected chi connectivity index (χ3v) is 4.72. The van der Waals surface area contributed by atoms with Crippen molar-refractivity contribution in [1.82, 2.24) is 0 Å². The Morgan fingerprint density at radius 3 is 2.72 bits per heavy atom. The van der Waals surface area contributed by atoms with Gasteiger partial charge in [-0.3, -0.25) is 4.79 Å². The largest absolute Gasteiger partial charge is 0.481 e. The first kappa shape index (κ1) is 19.5. The summed E-state index contributed by atoms with van der Waals surface area (Å²) in [5.74, 6) is -1.03. The van der Waals surface area contributed by atoms with E-state index in [1.54, 1.807) is 7.11 Å². The number of hydrogen-bond donors (Lipinski definition) is 2. The highest BCUT2D eigenvalue weighted by molar-refractivity contribution is 5.71. The molecule has 1 heterocycles. The average Bonchev–Trinajstić information content (AvgIpc) is 2.60. The van der Waals surface area contributed by atoms with E-state index in [4.69, 9.17) is 20.3 Å². The van der Waals surface area contributed by atoms with Gasteiger partial charge in [-0.1, -0.05) is 13.0 Å². The number of carboxylic acid groups (broad SMARTS) is 1. The van der Waals surface area contributed by atoms with E-state index in [2.05, 4.69) is 11.8 Å². The van der Waals surface area contributed by atoms with Gasteiger partial charge in [0, 0.05) is 38.8 Å². The second-order valence-corrected chi connectivity index (χ2v) is 6.61. The Kier molecular flexibility index (Phi) is 7.52. The van der Waals surface area contributed by atoms with E-state index in [0.717, 1.165) is 50.3 Å². The number of anilines is 2. The number of hydrogen-bond acceptors (Lipinski definition) is 5. The molecule has 25 heavy (non-hydrogen) atoms. The molecule has 140 valence electrons. The maximum absolute atomic E-state index is 11.1. The van der Waals surface area contributed by atoms with Crippen LogP contribution in [0.5, 0.6) is 0 Å². The van der Waals surface area contributed by atoms with Crippen molar-refractivity contribution in [2.75, 3.05) is 44.1 Å². The maximum atomic E-state index is 11.1. The topological polar surface area (TPSA) is 85.0 Å². The van der Waals surface area contributed by atoms with Gasteiger partial charge in [-0.15, -0.1) is 0 Å². The number of methoxy groups -OCH3 is 1. The van der Waals surface area contributed by atoms with Crippen molar-refractivity contribution in [2.45, 2.75) is 44.6 Å². The molecule has 0 spiro atoms. The van der Waals surface area contributed by atoms with Crippen LogP contribution in [0.15, 0.2) is 18.2 Å². The van der Waals surface area contributed by atoms with Crippen molar-refractivity contribution in [1.29, 1.82) is 0 Å². The molecule has 6 nitrogen and oxygen atoms in total. The van der Waals surface area contributed by atoms with E-state index in [1.807, 2.05) is 18.2 Å².